The van der Waals surface area contributed by atoms with E-state index in [1.54, 1.807) is 0 Å². The number of aromatic amines is 1. The van der Waals surface area contributed by atoms with Crippen molar-refractivity contribution in [3.05, 3.63) is 35.5 Å². The summed E-state index contributed by atoms with van der Waals surface area (Å²) in [5, 5.41) is 13.1. The molecular weight excluding hydrogens is 210 g/mol. The van der Waals surface area contributed by atoms with E-state index >= 15 is 0 Å². The molecule has 3 heteroatoms. The highest BCUT2D eigenvalue weighted by Gasteiger charge is 2.06. The smallest absolute Gasteiger partial charge is 0.0622 e. The van der Waals surface area contributed by atoms with Crippen LogP contribution in [0.15, 0.2) is 24.3 Å². The number of H-pyrrole nitrogens is 1. The molecule has 0 amide bonds. The second kappa shape index (κ2) is 5.51. The number of hydrogen-bond donors (Lipinski definition) is 2. The van der Waals surface area contributed by atoms with Gasteiger partial charge in [-0.3, -0.25) is 0 Å². The van der Waals surface area contributed by atoms with Crippen molar-refractivity contribution in [1.29, 1.82) is 5.26 Å². The molecule has 2 aromatic rings. The first-order valence-corrected chi connectivity index (χ1v) is 5.97. The molecule has 2 rings (SSSR count). The molecular formula is C14H17N3. The van der Waals surface area contributed by atoms with E-state index < -0.39 is 0 Å². The first kappa shape index (κ1) is 11.7. The average molecular weight is 227 g/mol. The minimum absolute atomic E-state index is 0.625. The molecule has 17 heavy (non-hydrogen) atoms. The zero-order valence-corrected chi connectivity index (χ0v) is 10.1. The predicted molar refractivity (Wildman–Crippen MR) is 69.6 cm³/mol. The monoisotopic (exact) mass is 227 g/mol. The molecule has 88 valence electrons. The minimum Gasteiger partial charge on any atom is -0.358 e. The molecule has 0 aliphatic carbocycles. The lowest BCUT2D eigenvalue weighted by Crippen LogP contribution is -2.14. The van der Waals surface area contributed by atoms with Gasteiger partial charge in [-0.15, -0.1) is 0 Å². The average Bonchev–Trinajstić information content (AvgIpc) is 2.65. The highest BCUT2D eigenvalue weighted by Crippen LogP contribution is 2.21. The molecule has 0 aliphatic heterocycles. The number of hydrogen-bond acceptors (Lipinski definition) is 2. The van der Waals surface area contributed by atoms with Crippen LogP contribution in [-0.2, 0) is 6.54 Å². The SMILES string of the molecule is Cc1[nH]c2ccccc2c1CNCCCC#N. The largest absolute Gasteiger partial charge is 0.358 e. The number of benzene rings is 1. The fraction of sp³-hybridized carbons (Fsp3) is 0.357. The van der Waals surface area contributed by atoms with Crippen LogP contribution in [0.5, 0.6) is 0 Å². The highest BCUT2D eigenvalue weighted by molar-refractivity contribution is 5.84. The van der Waals surface area contributed by atoms with Gasteiger partial charge in [0.1, 0.15) is 0 Å². The van der Waals surface area contributed by atoms with E-state index in [4.69, 9.17) is 5.26 Å². The van der Waals surface area contributed by atoms with Crippen molar-refractivity contribution in [3.63, 3.8) is 0 Å². The van der Waals surface area contributed by atoms with Crippen molar-refractivity contribution in [3.8, 4) is 6.07 Å². The van der Waals surface area contributed by atoms with Crippen molar-refractivity contribution in [2.45, 2.75) is 26.3 Å². The van der Waals surface area contributed by atoms with Crippen LogP contribution < -0.4 is 5.32 Å². The summed E-state index contributed by atoms with van der Waals surface area (Å²) in [4.78, 5) is 3.39. The van der Waals surface area contributed by atoms with Gasteiger partial charge in [0.05, 0.1) is 6.07 Å². The van der Waals surface area contributed by atoms with Crippen molar-refractivity contribution >= 4 is 10.9 Å². The van der Waals surface area contributed by atoms with Gasteiger partial charge < -0.3 is 10.3 Å². The van der Waals surface area contributed by atoms with E-state index in [9.17, 15) is 0 Å². The quantitative estimate of drug-likeness (QED) is 0.772. The third-order valence-electron chi connectivity index (χ3n) is 2.97. The Morgan fingerprint density at radius 3 is 3.00 bits per heavy atom. The first-order chi connectivity index (χ1) is 8.33. The summed E-state index contributed by atoms with van der Waals surface area (Å²) in [6, 6.07) is 10.5. The number of unbranched alkanes of at least 4 members (excludes halogenated alkanes) is 1. The minimum atomic E-state index is 0.625. The second-order valence-corrected chi connectivity index (χ2v) is 4.21. The number of aryl methyl sites for hydroxylation is 1. The molecule has 0 atom stereocenters. The molecule has 2 N–H and O–H groups in total. The zero-order valence-electron chi connectivity index (χ0n) is 10.1. The van der Waals surface area contributed by atoms with E-state index in [1.165, 1.54) is 22.2 Å². The summed E-state index contributed by atoms with van der Waals surface area (Å²) in [6.45, 7) is 3.86. The maximum atomic E-state index is 8.45. The Morgan fingerprint density at radius 1 is 1.35 bits per heavy atom. The Kier molecular flexibility index (Phi) is 3.79. The topological polar surface area (TPSA) is 51.6 Å². The van der Waals surface area contributed by atoms with Crippen LogP contribution in [0.3, 0.4) is 0 Å². The van der Waals surface area contributed by atoms with Gasteiger partial charge in [-0.05, 0) is 31.5 Å². The molecule has 3 nitrogen and oxygen atoms in total. The van der Waals surface area contributed by atoms with Crippen LogP contribution in [0.25, 0.3) is 10.9 Å². The Bertz CT molecular complexity index is 534. The van der Waals surface area contributed by atoms with Crippen LogP contribution in [0, 0.1) is 18.3 Å². The summed E-state index contributed by atoms with van der Waals surface area (Å²) in [5.74, 6) is 0. The molecule has 0 fully saturated rings. The van der Waals surface area contributed by atoms with Crippen molar-refractivity contribution in [2.24, 2.45) is 0 Å². The fourth-order valence-electron chi connectivity index (χ4n) is 2.07. The summed E-state index contributed by atoms with van der Waals surface area (Å²) in [5.41, 5.74) is 3.75. The molecule has 1 aromatic heterocycles. The molecule has 1 aromatic carbocycles. The van der Waals surface area contributed by atoms with E-state index in [1.807, 2.05) is 6.07 Å². The number of rotatable bonds is 5. The summed E-state index contributed by atoms with van der Waals surface area (Å²) < 4.78 is 0. The number of nitrogens with zero attached hydrogens (tertiary/aromatic N) is 1. The van der Waals surface area contributed by atoms with Gasteiger partial charge in [0, 0.05) is 29.6 Å². The number of aromatic nitrogens is 1. The lowest BCUT2D eigenvalue weighted by molar-refractivity contribution is 0.658. The Labute approximate surface area is 101 Å². The second-order valence-electron chi connectivity index (χ2n) is 4.21. The Balaban J connectivity index is 2.03. The lowest BCUT2D eigenvalue weighted by Gasteiger charge is -2.03. The first-order valence-electron chi connectivity index (χ1n) is 5.97. The summed E-state index contributed by atoms with van der Waals surface area (Å²) >= 11 is 0. The number of nitrogens with one attached hydrogen (secondary N) is 2. The van der Waals surface area contributed by atoms with E-state index in [-0.39, 0.29) is 0 Å². The van der Waals surface area contributed by atoms with Gasteiger partial charge in [0.25, 0.3) is 0 Å². The standard InChI is InChI=1S/C14H17N3/c1-11-13(10-16-9-5-4-8-15)12-6-2-3-7-14(12)17-11/h2-3,6-7,16-17H,4-5,9-10H2,1H3. The summed E-state index contributed by atoms with van der Waals surface area (Å²) in [7, 11) is 0. The van der Waals surface area contributed by atoms with Gasteiger partial charge in [-0.25, -0.2) is 0 Å². The van der Waals surface area contributed by atoms with Gasteiger partial charge in [0.15, 0.2) is 0 Å². The van der Waals surface area contributed by atoms with Crippen molar-refractivity contribution < 1.29 is 0 Å². The number of fused-ring (bicyclic) bond motifs is 1. The molecule has 0 spiro atoms. The van der Waals surface area contributed by atoms with Crippen molar-refractivity contribution in [1.82, 2.24) is 10.3 Å². The van der Waals surface area contributed by atoms with E-state index in [0.29, 0.717) is 6.42 Å². The Morgan fingerprint density at radius 2 is 2.18 bits per heavy atom. The zero-order chi connectivity index (χ0) is 12.1. The molecule has 0 saturated heterocycles. The third kappa shape index (κ3) is 2.66. The molecule has 0 bridgehead atoms. The molecule has 1 heterocycles. The van der Waals surface area contributed by atoms with Crippen LogP contribution in [0.2, 0.25) is 0 Å². The molecule has 0 aliphatic rings. The van der Waals surface area contributed by atoms with Crippen molar-refractivity contribution in [2.75, 3.05) is 6.54 Å². The van der Waals surface area contributed by atoms with Crippen LogP contribution in [0.4, 0.5) is 0 Å². The van der Waals surface area contributed by atoms with Crippen LogP contribution >= 0.6 is 0 Å². The van der Waals surface area contributed by atoms with E-state index in [2.05, 4.69) is 41.5 Å². The maximum absolute atomic E-state index is 8.45. The van der Waals surface area contributed by atoms with Crippen LogP contribution in [0.1, 0.15) is 24.1 Å². The third-order valence-corrected chi connectivity index (χ3v) is 2.97. The fourth-order valence-corrected chi connectivity index (χ4v) is 2.07. The predicted octanol–water partition coefficient (Wildman–Crippen LogP) is 2.87. The molecule has 0 unspecified atom stereocenters. The summed E-state index contributed by atoms with van der Waals surface area (Å²) in [6.07, 6.45) is 1.54. The van der Waals surface area contributed by atoms with Gasteiger partial charge >= 0.3 is 0 Å². The Hall–Kier alpha value is -1.79. The number of nitriles is 1. The van der Waals surface area contributed by atoms with Gasteiger partial charge in [0.2, 0.25) is 0 Å². The van der Waals surface area contributed by atoms with Crippen LogP contribution in [-0.4, -0.2) is 11.5 Å². The lowest BCUT2D eigenvalue weighted by atomic mass is 10.1. The van der Waals surface area contributed by atoms with E-state index in [0.717, 1.165) is 19.5 Å². The number of para-hydroxylation sites is 1. The molecule has 0 saturated carbocycles. The van der Waals surface area contributed by atoms with Gasteiger partial charge in [-0.1, -0.05) is 18.2 Å². The normalized spacial score (nSPS) is 10.6. The highest BCUT2D eigenvalue weighted by atomic mass is 14.9. The van der Waals surface area contributed by atoms with Gasteiger partial charge in [-0.2, -0.15) is 5.26 Å². The molecule has 0 radical (unpaired) electrons. The maximum Gasteiger partial charge on any atom is 0.0622 e.